The summed E-state index contributed by atoms with van der Waals surface area (Å²) in [6.07, 6.45) is -0.673. The van der Waals surface area contributed by atoms with Crippen molar-refractivity contribution in [1.29, 1.82) is 0 Å². The van der Waals surface area contributed by atoms with E-state index in [4.69, 9.17) is 9.47 Å². The molecule has 3 aromatic rings. The van der Waals surface area contributed by atoms with Crippen LogP contribution in [0, 0.1) is 6.92 Å². The second-order valence-electron chi connectivity index (χ2n) is 5.94. The van der Waals surface area contributed by atoms with Gasteiger partial charge in [0.15, 0.2) is 5.78 Å². The number of anilines is 1. The molecule has 0 aliphatic heterocycles. The maximum Gasteiger partial charge on any atom is 0.417 e. The first-order valence-corrected chi connectivity index (χ1v) is 8.40. The smallest absolute Gasteiger partial charge is 0.417 e. The molecule has 0 aromatic heterocycles. The predicted octanol–water partition coefficient (Wildman–Crippen LogP) is 4.85. The van der Waals surface area contributed by atoms with Crippen molar-refractivity contribution in [1.82, 2.24) is 0 Å². The zero-order valence-electron chi connectivity index (χ0n) is 15.1. The highest BCUT2D eigenvalue weighted by Gasteiger charge is 2.18. The van der Waals surface area contributed by atoms with Crippen LogP contribution in [0.4, 0.5) is 10.5 Å². The van der Waals surface area contributed by atoms with Gasteiger partial charge in [-0.15, -0.1) is 0 Å². The molecule has 0 radical (unpaired) electrons. The van der Waals surface area contributed by atoms with Gasteiger partial charge in [0.25, 0.3) is 0 Å². The first-order valence-electron chi connectivity index (χ1n) is 8.40. The van der Waals surface area contributed by atoms with Crippen molar-refractivity contribution in [2.24, 2.45) is 0 Å². The van der Waals surface area contributed by atoms with Crippen molar-refractivity contribution in [3.05, 3.63) is 89.5 Å². The third kappa shape index (κ3) is 4.52. The number of amides is 1. The van der Waals surface area contributed by atoms with E-state index < -0.39 is 6.09 Å². The van der Waals surface area contributed by atoms with E-state index in [2.05, 4.69) is 5.32 Å². The van der Waals surface area contributed by atoms with Crippen LogP contribution in [0.5, 0.6) is 11.5 Å². The normalized spacial score (nSPS) is 10.1. The van der Waals surface area contributed by atoms with Crippen LogP contribution >= 0.6 is 0 Å². The molecule has 5 heteroatoms. The summed E-state index contributed by atoms with van der Waals surface area (Å²) in [6.45, 7) is 1.93. The molecule has 0 bridgehead atoms. The molecule has 1 amide bonds. The SMILES string of the molecule is COc1ccc(OC(=O)Nc2cccc(C)c2)c(C(=O)c2ccccc2)c1. The highest BCUT2D eigenvalue weighted by Crippen LogP contribution is 2.27. The largest absolute Gasteiger partial charge is 0.497 e. The summed E-state index contributed by atoms with van der Waals surface area (Å²) in [5.74, 6) is 0.406. The molecule has 1 N–H and O–H groups in total. The van der Waals surface area contributed by atoms with Gasteiger partial charge < -0.3 is 9.47 Å². The molecule has 0 saturated carbocycles. The van der Waals surface area contributed by atoms with Crippen molar-refractivity contribution in [3.8, 4) is 11.5 Å². The first kappa shape index (κ1) is 18.2. The number of benzene rings is 3. The first-order chi connectivity index (χ1) is 13.1. The van der Waals surface area contributed by atoms with Gasteiger partial charge in [-0.25, -0.2) is 4.79 Å². The second kappa shape index (κ2) is 8.19. The predicted molar refractivity (Wildman–Crippen MR) is 104 cm³/mol. The van der Waals surface area contributed by atoms with Crippen molar-refractivity contribution >= 4 is 17.6 Å². The van der Waals surface area contributed by atoms with Gasteiger partial charge in [0.1, 0.15) is 11.5 Å². The lowest BCUT2D eigenvalue weighted by Gasteiger charge is -2.12. The summed E-state index contributed by atoms with van der Waals surface area (Å²) in [5.41, 5.74) is 2.37. The van der Waals surface area contributed by atoms with Crippen LogP contribution < -0.4 is 14.8 Å². The van der Waals surface area contributed by atoms with Gasteiger partial charge in [0.2, 0.25) is 0 Å². The third-order valence-corrected chi connectivity index (χ3v) is 3.93. The molecule has 0 fully saturated rings. The molecule has 5 nitrogen and oxygen atoms in total. The summed E-state index contributed by atoms with van der Waals surface area (Å²) >= 11 is 0. The van der Waals surface area contributed by atoms with E-state index in [0.29, 0.717) is 17.0 Å². The molecule has 0 spiro atoms. The molecular weight excluding hydrogens is 342 g/mol. The molecule has 27 heavy (non-hydrogen) atoms. The van der Waals surface area contributed by atoms with Gasteiger partial charge in [-0.2, -0.15) is 0 Å². The van der Waals surface area contributed by atoms with E-state index in [1.807, 2.05) is 31.2 Å². The molecular formula is C22H19NO4. The minimum atomic E-state index is -0.673. The van der Waals surface area contributed by atoms with E-state index in [-0.39, 0.29) is 17.1 Å². The number of ketones is 1. The van der Waals surface area contributed by atoms with Gasteiger partial charge in [0, 0.05) is 11.3 Å². The maximum atomic E-state index is 12.9. The highest BCUT2D eigenvalue weighted by atomic mass is 16.6. The van der Waals surface area contributed by atoms with Crippen LogP contribution in [0.1, 0.15) is 21.5 Å². The Kier molecular flexibility index (Phi) is 5.52. The Morgan fingerprint density at radius 1 is 0.889 bits per heavy atom. The zero-order valence-corrected chi connectivity index (χ0v) is 15.1. The average molecular weight is 361 g/mol. The van der Waals surface area contributed by atoms with E-state index in [9.17, 15) is 9.59 Å². The molecule has 0 aliphatic carbocycles. The number of nitrogens with one attached hydrogen (secondary N) is 1. The molecule has 0 saturated heterocycles. The van der Waals surface area contributed by atoms with E-state index in [1.165, 1.54) is 7.11 Å². The second-order valence-corrected chi connectivity index (χ2v) is 5.94. The fourth-order valence-electron chi connectivity index (χ4n) is 2.61. The Labute approximate surface area is 157 Å². The van der Waals surface area contributed by atoms with Crippen LogP contribution in [0.3, 0.4) is 0 Å². The lowest BCUT2D eigenvalue weighted by atomic mass is 10.0. The topological polar surface area (TPSA) is 64.6 Å². The van der Waals surface area contributed by atoms with Crippen molar-refractivity contribution in [3.63, 3.8) is 0 Å². The van der Waals surface area contributed by atoms with Crippen LogP contribution in [0.2, 0.25) is 0 Å². The number of hydrogen-bond acceptors (Lipinski definition) is 4. The maximum absolute atomic E-state index is 12.9. The molecule has 3 rings (SSSR count). The number of ether oxygens (including phenoxy) is 2. The van der Waals surface area contributed by atoms with E-state index >= 15 is 0 Å². The molecule has 0 unspecified atom stereocenters. The Morgan fingerprint density at radius 2 is 1.67 bits per heavy atom. The van der Waals surface area contributed by atoms with Crippen molar-refractivity contribution in [2.75, 3.05) is 12.4 Å². The summed E-state index contributed by atoms with van der Waals surface area (Å²) < 4.78 is 10.6. The van der Waals surface area contributed by atoms with Gasteiger partial charge in [0.05, 0.1) is 12.7 Å². The Morgan fingerprint density at radius 3 is 2.37 bits per heavy atom. The van der Waals surface area contributed by atoms with Gasteiger partial charge in [-0.3, -0.25) is 10.1 Å². The average Bonchev–Trinajstić information content (AvgIpc) is 2.68. The number of rotatable bonds is 5. The minimum absolute atomic E-state index is 0.162. The van der Waals surface area contributed by atoms with Crippen LogP contribution in [0.15, 0.2) is 72.8 Å². The van der Waals surface area contributed by atoms with E-state index in [1.54, 1.807) is 48.5 Å². The van der Waals surface area contributed by atoms with Crippen LogP contribution in [-0.4, -0.2) is 19.0 Å². The monoisotopic (exact) mass is 361 g/mol. The molecule has 0 aliphatic rings. The molecule has 0 atom stereocenters. The number of carbonyl (C=O) groups is 2. The summed E-state index contributed by atoms with van der Waals surface area (Å²) in [7, 11) is 1.51. The standard InChI is InChI=1S/C22H19NO4/c1-15-7-6-10-17(13-15)23-22(25)27-20-12-11-18(26-2)14-19(20)21(24)16-8-4-3-5-9-16/h3-14H,1-2H3,(H,23,25). The number of hydrogen-bond donors (Lipinski definition) is 1. The Bertz CT molecular complexity index is 967. The Hall–Kier alpha value is -3.60. The fourth-order valence-corrected chi connectivity index (χ4v) is 2.61. The van der Waals surface area contributed by atoms with Gasteiger partial charge >= 0.3 is 6.09 Å². The number of aryl methyl sites for hydroxylation is 1. The van der Waals surface area contributed by atoms with Crippen LogP contribution in [0.25, 0.3) is 0 Å². The number of carbonyl (C=O) groups excluding carboxylic acids is 2. The summed E-state index contributed by atoms with van der Waals surface area (Å²) in [5, 5.41) is 2.66. The van der Waals surface area contributed by atoms with Crippen molar-refractivity contribution in [2.45, 2.75) is 6.92 Å². The van der Waals surface area contributed by atoms with E-state index in [0.717, 1.165) is 5.56 Å². The summed E-state index contributed by atoms with van der Waals surface area (Å²) in [4.78, 5) is 25.1. The fraction of sp³-hybridized carbons (Fsp3) is 0.0909. The zero-order chi connectivity index (χ0) is 19.2. The molecule has 3 aromatic carbocycles. The molecule has 136 valence electrons. The minimum Gasteiger partial charge on any atom is -0.497 e. The third-order valence-electron chi connectivity index (χ3n) is 3.93. The van der Waals surface area contributed by atoms with Crippen molar-refractivity contribution < 1.29 is 19.1 Å². The quantitative estimate of drug-likeness (QED) is 0.660. The highest BCUT2D eigenvalue weighted by molar-refractivity contribution is 6.11. The van der Waals surface area contributed by atoms with Crippen LogP contribution in [-0.2, 0) is 0 Å². The molecule has 0 heterocycles. The van der Waals surface area contributed by atoms with Gasteiger partial charge in [-0.1, -0.05) is 42.5 Å². The number of methoxy groups -OCH3 is 1. The lowest BCUT2D eigenvalue weighted by Crippen LogP contribution is -2.18. The van der Waals surface area contributed by atoms with Gasteiger partial charge in [-0.05, 0) is 42.8 Å². The lowest BCUT2D eigenvalue weighted by molar-refractivity contribution is 0.103. The summed E-state index contributed by atoms with van der Waals surface area (Å²) in [6, 6.07) is 20.9. The Balaban J connectivity index is 1.86.